The predicted octanol–water partition coefficient (Wildman–Crippen LogP) is 7.97. The number of hydrogen-bond acceptors (Lipinski definition) is 0. The maximum absolute atomic E-state index is 2.43. The second-order valence-corrected chi connectivity index (χ2v) is 18.9. The number of benzene rings is 1. The van der Waals surface area contributed by atoms with Crippen LogP contribution in [-0.2, 0) is 6.16 Å². The second-order valence-electron chi connectivity index (χ2n) is 11.2. The summed E-state index contributed by atoms with van der Waals surface area (Å²) < 4.78 is 0. The van der Waals surface area contributed by atoms with E-state index in [1.54, 1.807) is 10.9 Å². The molecule has 0 aliphatic carbocycles. The molecule has 0 saturated heterocycles. The third kappa shape index (κ3) is 6.33. The molecule has 0 aromatic heterocycles. The smallest absolute Gasteiger partial charge is 0.00573 e. The molecule has 0 amide bonds. The Hall–Kier alpha value is 0.0800. The highest BCUT2D eigenvalue weighted by molar-refractivity contribution is 7.68. The van der Waals surface area contributed by atoms with Gasteiger partial charge in [-0.15, -0.1) is 0 Å². The Morgan fingerprint density at radius 3 is 1.36 bits per heavy atom. The van der Waals surface area contributed by atoms with Crippen molar-refractivity contribution in [2.75, 3.05) is 0 Å². The van der Waals surface area contributed by atoms with Crippen molar-refractivity contribution in [1.82, 2.24) is 0 Å². The standard InChI is InChI=1S/C23H42P2/c1-20(2,3)24(21(4,5)6)17-18-15-13-14-16-19(18)25(22(7,8)9)23(10,11)12/h13-16H,17H2,1-12H3. The zero-order valence-electron chi connectivity index (χ0n) is 18.9. The van der Waals surface area contributed by atoms with Crippen LogP contribution in [0.5, 0.6) is 0 Å². The molecule has 0 radical (unpaired) electrons. The Morgan fingerprint density at radius 1 is 0.600 bits per heavy atom. The van der Waals surface area contributed by atoms with Crippen molar-refractivity contribution in [3.63, 3.8) is 0 Å². The van der Waals surface area contributed by atoms with Crippen LogP contribution in [0.15, 0.2) is 24.3 Å². The molecule has 0 spiro atoms. The highest BCUT2D eigenvalue weighted by atomic mass is 31.1. The molecule has 0 heterocycles. The summed E-state index contributed by atoms with van der Waals surface area (Å²) in [6.07, 6.45) is 1.24. The van der Waals surface area contributed by atoms with Crippen molar-refractivity contribution in [3.8, 4) is 0 Å². The molecule has 1 aromatic carbocycles. The van der Waals surface area contributed by atoms with Crippen molar-refractivity contribution in [2.45, 2.75) is 110 Å². The van der Waals surface area contributed by atoms with E-state index in [4.69, 9.17) is 0 Å². The number of hydrogen-bond donors (Lipinski definition) is 0. The molecular formula is C23H42P2. The fourth-order valence-corrected chi connectivity index (χ4v) is 12.1. The zero-order chi connectivity index (χ0) is 19.8. The molecule has 25 heavy (non-hydrogen) atoms. The van der Waals surface area contributed by atoms with E-state index < -0.39 is 0 Å². The van der Waals surface area contributed by atoms with Crippen molar-refractivity contribution >= 4 is 21.1 Å². The first-order valence-corrected chi connectivity index (χ1v) is 12.5. The molecule has 0 N–H and O–H groups in total. The molecule has 0 unspecified atom stereocenters. The van der Waals surface area contributed by atoms with Gasteiger partial charge in [0.05, 0.1) is 0 Å². The summed E-state index contributed by atoms with van der Waals surface area (Å²) >= 11 is 0. The molecule has 1 aromatic rings. The van der Waals surface area contributed by atoms with Crippen LogP contribution < -0.4 is 5.30 Å². The van der Waals surface area contributed by atoms with Gasteiger partial charge >= 0.3 is 0 Å². The first-order valence-electron chi connectivity index (χ1n) is 9.62. The highest BCUT2D eigenvalue weighted by Gasteiger charge is 2.39. The maximum Gasteiger partial charge on any atom is -0.00573 e. The topological polar surface area (TPSA) is 0 Å². The van der Waals surface area contributed by atoms with E-state index in [1.165, 1.54) is 6.16 Å². The van der Waals surface area contributed by atoms with E-state index in [2.05, 4.69) is 107 Å². The molecule has 0 aliphatic heterocycles. The van der Waals surface area contributed by atoms with Crippen LogP contribution in [0.2, 0.25) is 0 Å². The van der Waals surface area contributed by atoms with Gasteiger partial charge in [-0.1, -0.05) is 123 Å². The number of rotatable bonds is 3. The van der Waals surface area contributed by atoms with Gasteiger partial charge in [0.2, 0.25) is 0 Å². The largest absolute Gasteiger partial charge is 0.0911 e. The molecule has 2 heteroatoms. The lowest BCUT2D eigenvalue weighted by Crippen LogP contribution is -2.33. The van der Waals surface area contributed by atoms with Crippen molar-refractivity contribution in [1.29, 1.82) is 0 Å². The van der Waals surface area contributed by atoms with E-state index in [0.717, 1.165) is 0 Å². The van der Waals surface area contributed by atoms with Gasteiger partial charge in [0, 0.05) is 0 Å². The van der Waals surface area contributed by atoms with Gasteiger partial charge in [-0.25, -0.2) is 0 Å². The van der Waals surface area contributed by atoms with Crippen LogP contribution in [0.1, 0.15) is 88.6 Å². The Morgan fingerprint density at radius 2 is 1.00 bits per heavy atom. The van der Waals surface area contributed by atoms with Gasteiger partial charge in [0.15, 0.2) is 0 Å². The van der Waals surface area contributed by atoms with Crippen LogP contribution in [0.3, 0.4) is 0 Å². The molecule has 0 saturated carbocycles. The van der Waals surface area contributed by atoms with E-state index in [1.807, 2.05) is 0 Å². The molecular weight excluding hydrogens is 338 g/mol. The van der Waals surface area contributed by atoms with Crippen molar-refractivity contribution in [3.05, 3.63) is 29.8 Å². The van der Waals surface area contributed by atoms with Crippen molar-refractivity contribution in [2.24, 2.45) is 0 Å². The van der Waals surface area contributed by atoms with Gasteiger partial charge < -0.3 is 0 Å². The Labute approximate surface area is 161 Å². The van der Waals surface area contributed by atoms with Crippen LogP contribution in [0.25, 0.3) is 0 Å². The lowest BCUT2D eigenvalue weighted by molar-refractivity contribution is 0.702. The van der Waals surface area contributed by atoms with Gasteiger partial charge in [-0.3, -0.25) is 0 Å². The fraction of sp³-hybridized carbons (Fsp3) is 0.739. The van der Waals surface area contributed by atoms with E-state index >= 15 is 0 Å². The van der Waals surface area contributed by atoms with Gasteiger partial charge in [-0.05, 0) is 37.7 Å². The van der Waals surface area contributed by atoms with Gasteiger partial charge in [0.25, 0.3) is 0 Å². The molecule has 0 bridgehead atoms. The minimum absolute atomic E-state index is 0.121. The highest BCUT2D eigenvalue weighted by Crippen LogP contribution is 2.63. The van der Waals surface area contributed by atoms with Gasteiger partial charge in [0.1, 0.15) is 0 Å². The molecule has 0 atom stereocenters. The van der Waals surface area contributed by atoms with E-state index in [0.29, 0.717) is 20.6 Å². The monoisotopic (exact) mass is 380 g/mol. The Bertz CT molecular complexity index is 531. The van der Waals surface area contributed by atoms with E-state index in [-0.39, 0.29) is 15.8 Å². The summed E-state index contributed by atoms with van der Waals surface area (Å²) in [7, 11) is -0.372. The summed E-state index contributed by atoms with van der Waals surface area (Å²) in [4.78, 5) is 0. The first-order chi connectivity index (χ1) is 11.0. The molecule has 0 aliphatic rings. The van der Waals surface area contributed by atoms with Gasteiger partial charge in [-0.2, -0.15) is 0 Å². The van der Waals surface area contributed by atoms with Crippen LogP contribution in [0, 0.1) is 0 Å². The summed E-state index contributed by atoms with van der Waals surface area (Å²) in [6, 6.07) is 9.34. The Balaban J connectivity index is 3.46. The van der Waals surface area contributed by atoms with Crippen molar-refractivity contribution < 1.29 is 0 Å². The van der Waals surface area contributed by atoms with Crippen LogP contribution in [0.4, 0.5) is 0 Å². The van der Waals surface area contributed by atoms with Crippen LogP contribution in [-0.4, -0.2) is 20.6 Å². The maximum atomic E-state index is 2.43. The summed E-state index contributed by atoms with van der Waals surface area (Å²) in [6.45, 7) is 29.2. The normalized spacial score (nSPS) is 14.5. The second kappa shape index (κ2) is 7.60. The third-order valence-corrected chi connectivity index (χ3v) is 12.0. The molecule has 1 rings (SSSR count). The average molecular weight is 381 g/mol. The summed E-state index contributed by atoms with van der Waals surface area (Å²) in [5.41, 5.74) is 1.61. The Kier molecular flexibility index (Phi) is 7.03. The SMILES string of the molecule is CC(C)(C)P(Cc1ccccc1P(C(C)(C)C)C(C)(C)C)C(C)(C)C. The summed E-state index contributed by atoms with van der Waals surface area (Å²) in [5.74, 6) is 0. The average Bonchev–Trinajstić information content (AvgIpc) is 2.31. The zero-order valence-corrected chi connectivity index (χ0v) is 20.7. The fourth-order valence-electron chi connectivity index (χ4n) is 4.24. The van der Waals surface area contributed by atoms with E-state index in [9.17, 15) is 0 Å². The first kappa shape index (κ1) is 23.1. The minimum atomic E-state index is -0.251. The molecule has 0 nitrogen and oxygen atoms in total. The lowest BCUT2D eigenvalue weighted by atomic mass is 10.2. The predicted molar refractivity (Wildman–Crippen MR) is 123 cm³/mol. The quantitative estimate of drug-likeness (QED) is 0.466. The summed E-state index contributed by atoms with van der Waals surface area (Å²) in [5, 5.41) is 3.00. The third-order valence-electron chi connectivity index (χ3n) is 4.52. The van der Waals surface area contributed by atoms with Crippen LogP contribution >= 0.6 is 15.8 Å². The minimum Gasteiger partial charge on any atom is -0.0911 e. The molecule has 0 fully saturated rings. The lowest BCUT2D eigenvalue weighted by Gasteiger charge is -2.45. The molecule has 144 valence electrons.